The number of hydrogen-bond donors (Lipinski definition) is 1. The van der Waals surface area contributed by atoms with Crippen LogP contribution >= 0.6 is 0 Å². The highest BCUT2D eigenvalue weighted by atomic mass is 32.2. The van der Waals surface area contributed by atoms with Gasteiger partial charge in [0, 0.05) is 19.6 Å². The van der Waals surface area contributed by atoms with E-state index in [1.165, 1.54) is 0 Å². The third-order valence-electron chi connectivity index (χ3n) is 3.71. The molecule has 0 saturated carbocycles. The summed E-state index contributed by atoms with van der Waals surface area (Å²) < 4.78 is 52.3. The normalized spacial score (nSPS) is 27.2. The van der Waals surface area contributed by atoms with Crippen LogP contribution in [-0.2, 0) is 10.0 Å². The number of nitrogens with one attached hydrogen (secondary N) is 1. The van der Waals surface area contributed by atoms with E-state index in [1.807, 2.05) is 6.92 Å². The van der Waals surface area contributed by atoms with Gasteiger partial charge in [-0.1, -0.05) is 13.3 Å². The molecule has 7 heteroatoms. The Bertz CT molecular complexity index is 393. The molecule has 0 aromatic heterocycles. The molecule has 1 spiro atoms. The van der Waals surface area contributed by atoms with Crippen molar-refractivity contribution in [1.82, 2.24) is 9.62 Å². The molecule has 4 nitrogen and oxygen atoms in total. The van der Waals surface area contributed by atoms with Gasteiger partial charge in [0.25, 0.3) is 5.92 Å². The van der Waals surface area contributed by atoms with Crippen molar-refractivity contribution < 1.29 is 17.2 Å². The molecular weight excluding hydrogens is 250 g/mol. The Morgan fingerprint density at radius 3 is 2.35 bits per heavy atom. The van der Waals surface area contributed by atoms with Gasteiger partial charge < -0.3 is 5.32 Å². The van der Waals surface area contributed by atoms with Gasteiger partial charge in [0.2, 0.25) is 10.0 Å². The van der Waals surface area contributed by atoms with Gasteiger partial charge in [0.05, 0.1) is 17.7 Å². The monoisotopic (exact) mass is 268 g/mol. The van der Waals surface area contributed by atoms with Crippen LogP contribution in [0.25, 0.3) is 0 Å². The molecule has 2 aliphatic heterocycles. The standard InChI is InChI=1S/C10H18F2N2O2S/c1-2-3-4-17(15,16)14-7-9(5-13-6-9)10(11,12)8-14/h13H,2-8H2,1H3. The Hall–Kier alpha value is -0.270. The highest BCUT2D eigenvalue weighted by molar-refractivity contribution is 7.89. The summed E-state index contributed by atoms with van der Waals surface area (Å²) >= 11 is 0. The maximum atomic E-state index is 13.8. The number of unbranched alkanes of at least 4 members (excludes halogenated alkanes) is 1. The molecule has 0 bridgehead atoms. The van der Waals surface area contributed by atoms with E-state index in [4.69, 9.17) is 0 Å². The molecule has 0 unspecified atom stereocenters. The average Bonchev–Trinajstić information content (AvgIpc) is 2.47. The van der Waals surface area contributed by atoms with Crippen LogP contribution in [0.1, 0.15) is 19.8 Å². The molecular formula is C10H18F2N2O2S. The first-order valence-corrected chi connectivity index (χ1v) is 7.50. The van der Waals surface area contributed by atoms with Crippen LogP contribution in [0.4, 0.5) is 8.78 Å². The smallest absolute Gasteiger partial charge is 0.270 e. The van der Waals surface area contributed by atoms with E-state index in [-0.39, 0.29) is 25.4 Å². The number of halogens is 2. The minimum absolute atomic E-state index is 0.0247. The molecule has 0 aliphatic carbocycles. The van der Waals surface area contributed by atoms with Crippen molar-refractivity contribution in [2.24, 2.45) is 5.41 Å². The second-order valence-electron chi connectivity index (χ2n) is 5.03. The van der Waals surface area contributed by atoms with Crippen LogP contribution in [0.2, 0.25) is 0 Å². The molecule has 0 aromatic rings. The first-order chi connectivity index (χ1) is 7.83. The summed E-state index contributed by atoms with van der Waals surface area (Å²) in [7, 11) is -3.51. The zero-order valence-corrected chi connectivity index (χ0v) is 10.7. The van der Waals surface area contributed by atoms with Crippen LogP contribution in [0, 0.1) is 5.41 Å². The first-order valence-electron chi connectivity index (χ1n) is 5.89. The molecule has 2 aliphatic rings. The quantitative estimate of drug-likeness (QED) is 0.815. The average molecular weight is 268 g/mol. The van der Waals surface area contributed by atoms with E-state index in [0.717, 1.165) is 10.7 Å². The van der Waals surface area contributed by atoms with Crippen LogP contribution in [0.3, 0.4) is 0 Å². The van der Waals surface area contributed by atoms with Gasteiger partial charge >= 0.3 is 0 Å². The fourth-order valence-corrected chi connectivity index (χ4v) is 4.06. The fraction of sp³-hybridized carbons (Fsp3) is 1.00. The minimum atomic E-state index is -3.51. The van der Waals surface area contributed by atoms with Gasteiger partial charge in [-0.05, 0) is 6.42 Å². The molecule has 2 fully saturated rings. The summed E-state index contributed by atoms with van der Waals surface area (Å²) in [4.78, 5) is 0. The summed E-state index contributed by atoms with van der Waals surface area (Å²) in [5.41, 5.74) is -1.16. The van der Waals surface area contributed by atoms with Crippen molar-refractivity contribution in [3.8, 4) is 0 Å². The Balaban J connectivity index is 2.11. The second kappa shape index (κ2) is 4.13. The Morgan fingerprint density at radius 1 is 1.29 bits per heavy atom. The molecule has 2 rings (SSSR count). The summed E-state index contributed by atoms with van der Waals surface area (Å²) in [6.07, 6.45) is 1.27. The van der Waals surface area contributed by atoms with Crippen molar-refractivity contribution >= 4 is 10.0 Å². The van der Waals surface area contributed by atoms with Gasteiger partial charge in [0.1, 0.15) is 0 Å². The zero-order valence-electron chi connectivity index (χ0n) is 9.88. The Labute approximate surface area is 100 Å². The van der Waals surface area contributed by atoms with E-state index >= 15 is 0 Å². The van der Waals surface area contributed by atoms with E-state index in [0.29, 0.717) is 6.42 Å². The number of sulfonamides is 1. The molecule has 17 heavy (non-hydrogen) atoms. The third-order valence-corrected chi connectivity index (χ3v) is 5.56. The molecule has 100 valence electrons. The molecule has 2 heterocycles. The lowest BCUT2D eigenvalue weighted by molar-refractivity contribution is -0.107. The second-order valence-corrected chi connectivity index (χ2v) is 7.11. The molecule has 1 N–H and O–H groups in total. The maximum Gasteiger partial charge on any atom is 0.270 e. The van der Waals surface area contributed by atoms with Gasteiger partial charge in [-0.2, -0.15) is 4.31 Å². The van der Waals surface area contributed by atoms with E-state index in [9.17, 15) is 17.2 Å². The molecule has 2 saturated heterocycles. The van der Waals surface area contributed by atoms with Crippen molar-refractivity contribution in [3.05, 3.63) is 0 Å². The van der Waals surface area contributed by atoms with Crippen molar-refractivity contribution in [3.63, 3.8) is 0 Å². The molecule has 0 aromatic carbocycles. The van der Waals surface area contributed by atoms with E-state index in [2.05, 4.69) is 5.32 Å². The maximum absolute atomic E-state index is 13.8. The van der Waals surface area contributed by atoms with Gasteiger partial charge in [-0.25, -0.2) is 17.2 Å². The fourth-order valence-electron chi connectivity index (χ4n) is 2.35. The summed E-state index contributed by atoms with van der Waals surface area (Å²) in [6, 6.07) is 0. The predicted octanol–water partition coefficient (Wildman–Crippen LogP) is 0.657. The molecule has 0 atom stereocenters. The number of alkyl halides is 2. The predicted molar refractivity (Wildman–Crippen MR) is 60.5 cm³/mol. The van der Waals surface area contributed by atoms with Crippen LogP contribution in [0.5, 0.6) is 0 Å². The number of rotatable bonds is 4. The summed E-state index contributed by atoms with van der Waals surface area (Å²) in [5, 5.41) is 2.81. The van der Waals surface area contributed by atoms with Crippen molar-refractivity contribution in [2.45, 2.75) is 25.7 Å². The Morgan fingerprint density at radius 2 is 1.94 bits per heavy atom. The highest BCUT2D eigenvalue weighted by Crippen LogP contribution is 2.47. The SMILES string of the molecule is CCCCS(=O)(=O)N1CC(F)(F)C2(CNC2)C1. The largest absolute Gasteiger partial charge is 0.315 e. The zero-order chi connectivity index (χ0) is 12.7. The summed E-state index contributed by atoms with van der Waals surface area (Å²) in [6.45, 7) is 1.60. The van der Waals surface area contributed by atoms with Crippen LogP contribution in [-0.4, -0.2) is 50.6 Å². The van der Waals surface area contributed by atoms with Gasteiger partial charge in [-0.3, -0.25) is 0 Å². The van der Waals surface area contributed by atoms with E-state index in [1.54, 1.807) is 0 Å². The summed E-state index contributed by atoms with van der Waals surface area (Å²) in [5.74, 6) is -2.93. The third kappa shape index (κ3) is 2.08. The first kappa shape index (κ1) is 13.2. The number of hydrogen-bond acceptors (Lipinski definition) is 3. The number of nitrogens with zero attached hydrogens (tertiary/aromatic N) is 1. The topological polar surface area (TPSA) is 49.4 Å². The van der Waals surface area contributed by atoms with Crippen molar-refractivity contribution in [1.29, 1.82) is 0 Å². The van der Waals surface area contributed by atoms with Crippen LogP contribution < -0.4 is 5.32 Å². The minimum Gasteiger partial charge on any atom is -0.315 e. The Kier molecular flexibility index (Phi) is 3.20. The molecule has 0 amide bonds. The van der Waals surface area contributed by atoms with Gasteiger partial charge in [0.15, 0.2) is 0 Å². The van der Waals surface area contributed by atoms with E-state index < -0.39 is 27.9 Å². The molecule has 0 radical (unpaired) electrons. The lowest BCUT2D eigenvalue weighted by atomic mass is 9.78. The lowest BCUT2D eigenvalue weighted by Crippen LogP contribution is -2.62. The van der Waals surface area contributed by atoms with Crippen molar-refractivity contribution in [2.75, 3.05) is 31.9 Å². The highest BCUT2D eigenvalue weighted by Gasteiger charge is 2.64. The van der Waals surface area contributed by atoms with Gasteiger partial charge in [-0.15, -0.1) is 0 Å². The lowest BCUT2D eigenvalue weighted by Gasteiger charge is -2.42. The van der Waals surface area contributed by atoms with Crippen LogP contribution in [0.15, 0.2) is 0 Å².